The van der Waals surface area contributed by atoms with E-state index in [1.165, 1.54) is 41.5 Å². The Bertz CT molecular complexity index is 2480. The van der Waals surface area contributed by atoms with Crippen LogP contribution in [0.15, 0.2) is 82.6 Å². The monoisotopic (exact) mass is 891 g/mol. The smallest absolute Gasteiger partial charge is 0.508 e. The number of imide groups is 1. The number of Topliss-reactive ketones (excluding diaryl/α,β-unsaturated/α-hetero) is 2. The van der Waals surface area contributed by atoms with Gasteiger partial charge in [0.1, 0.15) is 47.2 Å². The van der Waals surface area contributed by atoms with Crippen LogP contribution >= 0.6 is 0 Å². The molecule has 1 aromatic heterocycles. The Morgan fingerprint density at radius 2 is 1.41 bits per heavy atom. The number of aromatic nitrogens is 1. The minimum absolute atomic E-state index is 0.0123. The van der Waals surface area contributed by atoms with Crippen LogP contribution in [0.4, 0.5) is 28.4 Å². The molecular formula is C46H48F3N3O12. The van der Waals surface area contributed by atoms with Gasteiger partial charge in [0.15, 0.2) is 22.9 Å². The molecule has 3 aliphatic carbocycles. The van der Waals surface area contributed by atoms with Crippen molar-refractivity contribution in [3.63, 3.8) is 0 Å². The molecule has 0 spiro atoms. The van der Waals surface area contributed by atoms with Crippen molar-refractivity contribution >= 4 is 29.4 Å². The summed E-state index contributed by atoms with van der Waals surface area (Å²) in [6.45, 7) is 8.54. The van der Waals surface area contributed by atoms with E-state index in [9.17, 15) is 37.8 Å². The number of anilines is 1. The molecule has 0 saturated heterocycles. The molecule has 0 radical (unpaired) electrons. The summed E-state index contributed by atoms with van der Waals surface area (Å²) >= 11 is 0. The predicted octanol–water partition coefficient (Wildman–Crippen LogP) is 8.83. The standard InChI is InChI=1S/C46H48F3N3O12/c1-43(2,3)62-41(56)52(42(57)63-44(4,5)6)29-21-30(61-46(47,48)49)27-19-26-20-28-34(51(7)8)37-33(40(50-64-37)60-23-25-17-13-10-14-18-25)39(55)45(28,58)38(54)31(26)35(53)32(27)36(29)59-22-24-15-11-9-12-16-24/h9-18,21,26,28,34,54,58H,19-20,22-23H2,1-8H3/t26-,28-,34-,45-/m0/s1. The second-order valence-electron chi connectivity index (χ2n) is 18.0. The molecule has 0 saturated carbocycles. The first-order chi connectivity index (χ1) is 29.9. The summed E-state index contributed by atoms with van der Waals surface area (Å²) in [6.07, 6.45) is -8.87. The van der Waals surface area contributed by atoms with Crippen LogP contribution in [0.5, 0.6) is 17.4 Å². The number of aliphatic hydroxyl groups excluding tert-OH is 1. The van der Waals surface area contributed by atoms with Crippen LogP contribution in [0.3, 0.4) is 0 Å². The third-order valence-electron chi connectivity index (χ3n) is 10.9. The zero-order chi connectivity index (χ0) is 46.7. The molecule has 3 aromatic carbocycles. The number of hydrogen-bond acceptors (Lipinski definition) is 14. The number of fused-ring (bicyclic) bond motifs is 4. The number of carbonyl (C=O) groups excluding carboxylic acids is 4. The van der Waals surface area contributed by atoms with E-state index < -0.39 is 105 Å². The molecule has 64 heavy (non-hydrogen) atoms. The summed E-state index contributed by atoms with van der Waals surface area (Å²) in [7, 11) is 3.26. The topological polar surface area (TPSA) is 187 Å². The van der Waals surface area contributed by atoms with Gasteiger partial charge in [0, 0.05) is 23.1 Å². The fourth-order valence-corrected chi connectivity index (χ4v) is 8.40. The Balaban J connectivity index is 1.44. The van der Waals surface area contributed by atoms with Gasteiger partial charge in [-0.15, -0.1) is 13.2 Å². The molecule has 0 aliphatic heterocycles. The second kappa shape index (κ2) is 16.6. The summed E-state index contributed by atoms with van der Waals surface area (Å²) < 4.78 is 76.8. The zero-order valence-corrected chi connectivity index (χ0v) is 36.4. The molecule has 7 rings (SSSR count). The largest absolute Gasteiger partial charge is 0.573 e. The van der Waals surface area contributed by atoms with E-state index >= 15 is 4.79 Å². The average Bonchev–Trinajstić information content (AvgIpc) is 3.60. The number of hydrogen-bond donors (Lipinski definition) is 2. The van der Waals surface area contributed by atoms with Crippen LogP contribution in [-0.4, -0.2) is 81.3 Å². The number of ketones is 2. The van der Waals surface area contributed by atoms with E-state index in [0.29, 0.717) is 10.5 Å². The van der Waals surface area contributed by atoms with Crippen LogP contribution < -0.4 is 19.1 Å². The number of carbonyl (C=O) groups is 4. The van der Waals surface area contributed by atoms with Gasteiger partial charge in [0.2, 0.25) is 5.78 Å². The SMILES string of the molecule is CN(C)[C@@H]1c2onc(OCc3ccccc3)c2C(=O)[C@@]2(O)C(O)=C3C(=O)c4c(c(OC(F)(F)F)cc(N(C(=O)OC(C)(C)C)C(=O)OC(C)(C)C)c4OCc4ccccc4)C[C@H]3C[C@@H]12. The minimum atomic E-state index is -5.37. The van der Waals surface area contributed by atoms with Gasteiger partial charge in [-0.2, -0.15) is 4.90 Å². The number of aliphatic hydroxyl groups is 2. The van der Waals surface area contributed by atoms with Crippen molar-refractivity contribution in [2.24, 2.45) is 11.8 Å². The van der Waals surface area contributed by atoms with Gasteiger partial charge in [-0.3, -0.25) is 14.5 Å². The van der Waals surface area contributed by atoms with Crippen LogP contribution in [0.25, 0.3) is 0 Å². The molecule has 15 nitrogen and oxygen atoms in total. The number of nitrogens with zero attached hydrogens (tertiary/aromatic N) is 3. The molecule has 2 N–H and O–H groups in total. The Labute approximate surface area is 366 Å². The second-order valence-corrected chi connectivity index (χ2v) is 18.0. The van der Waals surface area contributed by atoms with Crippen LogP contribution in [0, 0.1) is 11.8 Å². The lowest BCUT2D eigenvalue weighted by Crippen LogP contribution is -2.59. The fourth-order valence-electron chi connectivity index (χ4n) is 8.40. The van der Waals surface area contributed by atoms with E-state index in [4.69, 9.17) is 23.5 Å². The molecule has 2 amide bonds. The lowest BCUT2D eigenvalue weighted by Gasteiger charge is -2.49. The maximum Gasteiger partial charge on any atom is 0.573 e. The van der Waals surface area contributed by atoms with E-state index in [0.717, 1.165) is 11.6 Å². The van der Waals surface area contributed by atoms with Gasteiger partial charge in [0.05, 0.1) is 11.6 Å². The van der Waals surface area contributed by atoms with Crippen LogP contribution in [0.2, 0.25) is 0 Å². The lowest BCUT2D eigenvalue weighted by molar-refractivity contribution is -0.275. The Kier molecular flexibility index (Phi) is 11.8. The van der Waals surface area contributed by atoms with Crippen molar-refractivity contribution in [3.8, 4) is 17.4 Å². The van der Waals surface area contributed by atoms with Crippen molar-refractivity contribution in [2.45, 2.75) is 96.8 Å². The zero-order valence-electron chi connectivity index (χ0n) is 36.4. The van der Waals surface area contributed by atoms with Crippen molar-refractivity contribution in [2.75, 3.05) is 19.0 Å². The maximum atomic E-state index is 15.3. The van der Waals surface area contributed by atoms with Gasteiger partial charge in [-0.05, 0) is 90.7 Å². The number of halogens is 3. The number of amides is 2. The molecule has 0 unspecified atom stereocenters. The Hall–Kier alpha value is -6.40. The summed E-state index contributed by atoms with van der Waals surface area (Å²) in [6, 6.07) is 17.1. The van der Waals surface area contributed by atoms with E-state index in [-0.39, 0.29) is 42.4 Å². The lowest BCUT2D eigenvalue weighted by atomic mass is 9.58. The van der Waals surface area contributed by atoms with Crippen molar-refractivity contribution in [3.05, 3.63) is 112 Å². The third-order valence-corrected chi connectivity index (χ3v) is 10.9. The molecular weight excluding hydrogens is 844 g/mol. The molecule has 3 aliphatic rings. The summed E-state index contributed by atoms with van der Waals surface area (Å²) in [5.74, 6) is -7.51. The van der Waals surface area contributed by atoms with E-state index in [1.54, 1.807) is 79.7 Å². The molecule has 1 heterocycles. The highest BCUT2D eigenvalue weighted by Gasteiger charge is 2.64. The predicted molar refractivity (Wildman–Crippen MR) is 221 cm³/mol. The first-order valence-corrected chi connectivity index (χ1v) is 20.4. The molecule has 4 aromatic rings. The van der Waals surface area contributed by atoms with Crippen molar-refractivity contribution in [1.82, 2.24) is 10.1 Å². The molecule has 0 bridgehead atoms. The van der Waals surface area contributed by atoms with Crippen LogP contribution in [-0.2, 0) is 29.1 Å². The van der Waals surface area contributed by atoms with E-state index in [2.05, 4.69) is 9.89 Å². The molecule has 4 atom stereocenters. The van der Waals surface area contributed by atoms with Crippen molar-refractivity contribution < 1.29 is 70.8 Å². The van der Waals surface area contributed by atoms with Crippen molar-refractivity contribution in [1.29, 1.82) is 0 Å². The molecule has 340 valence electrons. The number of alkyl halides is 3. The summed E-state index contributed by atoms with van der Waals surface area (Å²) in [4.78, 5) is 60.0. The number of rotatable bonds is 9. The molecule has 0 fully saturated rings. The first-order valence-electron chi connectivity index (χ1n) is 20.4. The number of benzene rings is 3. The Morgan fingerprint density at radius 1 is 0.859 bits per heavy atom. The fraction of sp³-hybridized carbons (Fsp3) is 0.413. The van der Waals surface area contributed by atoms with Gasteiger partial charge in [-0.25, -0.2) is 9.59 Å². The number of ether oxygens (including phenoxy) is 5. The minimum Gasteiger partial charge on any atom is -0.508 e. The van der Waals surface area contributed by atoms with Gasteiger partial charge < -0.3 is 38.4 Å². The quantitative estimate of drug-likeness (QED) is 0.162. The van der Waals surface area contributed by atoms with Crippen LogP contribution in [0.1, 0.15) is 97.2 Å². The summed E-state index contributed by atoms with van der Waals surface area (Å²) in [5.41, 5.74) is -6.62. The average molecular weight is 892 g/mol. The highest BCUT2D eigenvalue weighted by molar-refractivity contribution is 6.19. The first kappa shape index (κ1) is 45.6. The highest BCUT2D eigenvalue weighted by Crippen LogP contribution is 2.58. The Morgan fingerprint density at radius 3 is 1.92 bits per heavy atom. The normalized spacial score (nSPS) is 20.7. The van der Waals surface area contributed by atoms with Gasteiger partial charge in [-0.1, -0.05) is 60.7 Å². The molecule has 18 heteroatoms. The maximum absolute atomic E-state index is 15.3. The van der Waals surface area contributed by atoms with E-state index in [1.807, 2.05) is 0 Å². The highest BCUT2D eigenvalue weighted by atomic mass is 19.4. The van der Waals surface area contributed by atoms with Gasteiger partial charge in [0.25, 0.3) is 5.88 Å². The summed E-state index contributed by atoms with van der Waals surface area (Å²) in [5, 5.41) is 29.0. The third kappa shape index (κ3) is 8.75. The number of allylic oxidation sites excluding steroid dienone is 1. The van der Waals surface area contributed by atoms with Gasteiger partial charge >= 0.3 is 18.5 Å².